The molecule has 0 fully saturated rings. The number of carbonyl (C=O) groups excluding carboxylic acids is 1. The van der Waals surface area contributed by atoms with Crippen LogP contribution in [0.4, 0.5) is 5.69 Å². The predicted octanol–water partition coefficient (Wildman–Crippen LogP) is 2.99. The molecular weight excluding hydrogens is 348 g/mol. The molecule has 1 aliphatic heterocycles. The molecule has 0 atom stereocenters. The van der Waals surface area contributed by atoms with E-state index >= 15 is 0 Å². The molecule has 3 rings (SSSR count). The van der Waals surface area contributed by atoms with Crippen molar-refractivity contribution >= 4 is 33.0 Å². The molecule has 1 amide bonds. The van der Waals surface area contributed by atoms with Crippen molar-refractivity contribution in [2.24, 2.45) is 0 Å². The molecule has 0 saturated carbocycles. The standard InChI is InChI=1S/C17H17ClN2O3S/c1-2-24(22,23)16-6-4-13(18)8-15(16)17(21)20-14-5-3-11-9-19-10-12(11)7-14/h3-8,19H,2,9-10H2,1H3,(H,20,21). The highest BCUT2D eigenvalue weighted by Crippen LogP contribution is 2.24. The van der Waals surface area contributed by atoms with Gasteiger partial charge in [0.25, 0.3) is 5.91 Å². The molecule has 0 aliphatic carbocycles. The monoisotopic (exact) mass is 364 g/mol. The Kier molecular flexibility index (Phi) is 4.62. The molecule has 2 aromatic carbocycles. The number of amides is 1. The summed E-state index contributed by atoms with van der Waals surface area (Å²) in [5.41, 5.74) is 3.01. The summed E-state index contributed by atoms with van der Waals surface area (Å²) in [6.45, 7) is 3.11. The minimum Gasteiger partial charge on any atom is -0.322 e. The lowest BCUT2D eigenvalue weighted by atomic mass is 10.1. The molecular formula is C17H17ClN2O3S. The lowest BCUT2D eigenvalue weighted by Crippen LogP contribution is -2.17. The Morgan fingerprint density at radius 2 is 1.92 bits per heavy atom. The van der Waals surface area contributed by atoms with E-state index in [1.165, 1.54) is 23.8 Å². The Balaban J connectivity index is 1.94. The van der Waals surface area contributed by atoms with Crippen molar-refractivity contribution in [2.45, 2.75) is 24.9 Å². The van der Waals surface area contributed by atoms with Crippen LogP contribution in [0.5, 0.6) is 0 Å². The van der Waals surface area contributed by atoms with E-state index in [1.54, 1.807) is 6.92 Å². The average molecular weight is 365 g/mol. The van der Waals surface area contributed by atoms with Gasteiger partial charge in [0.05, 0.1) is 16.2 Å². The molecule has 0 unspecified atom stereocenters. The number of carbonyl (C=O) groups is 1. The predicted molar refractivity (Wildman–Crippen MR) is 94.1 cm³/mol. The highest BCUT2D eigenvalue weighted by molar-refractivity contribution is 7.91. The first-order chi connectivity index (χ1) is 11.4. The molecule has 0 saturated heterocycles. The second kappa shape index (κ2) is 6.55. The maximum absolute atomic E-state index is 12.6. The van der Waals surface area contributed by atoms with Crippen molar-refractivity contribution in [3.8, 4) is 0 Å². The van der Waals surface area contributed by atoms with E-state index in [-0.39, 0.29) is 16.2 Å². The van der Waals surface area contributed by atoms with Crippen LogP contribution >= 0.6 is 11.6 Å². The summed E-state index contributed by atoms with van der Waals surface area (Å²) in [7, 11) is -3.52. The van der Waals surface area contributed by atoms with Crippen LogP contribution in [0.25, 0.3) is 0 Å². The first kappa shape index (κ1) is 17.0. The van der Waals surface area contributed by atoms with Crippen LogP contribution in [0.2, 0.25) is 5.02 Å². The summed E-state index contributed by atoms with van der Waals surface area (Å²) in [5.74, 6) is -0.574. The van der Waals surface area contributed by atoms with Gasteiger partial charge in [0.15, 0.2) is 9.84 Å². The summed E-state index contributed by atoms with van der Waals surface area (Å²) in [6.07, 6.45) is 0. The van der Waals surface area contributed by atoms with E-state index in [2.05, 4.69) is 10.6 Å². The minimum absolute atomic E-state index is 0.00488. The lowest BCUT2D eigenvalue weighted by molar-refractivity contribution is 0.102. The number of fused-ring (bicyclic) bond motifs is 1. The third-order valence-electron chi connectivity index (χ3n) is 4.00. The maximum Gasteiger partial charge on any atom is 0.257 e. The molecule has 0 spiro atoms. The molecule has 5 nitrogen and oxygen atoms in total. The number of halogens is 1. The van der Waals surface area contributed by atoms with Crippen molar-refractivity contribution in [1.29, 1.82) is 0 Å². The van der Waals surface area contributed by atoms with Gasteiger partial charge >= 0.3 is 0 Å². The van der Waals surface area contributed by atoms with Crippen molar-refractivity contribution in [1.82, 2.24) is 5.32 Å². The molecule has 0 bridgehead atoms. The Morgan fingerprint density at radius 1 is 1.17 bits per heavy atom. The second-order valence-corrected chi connectivity index (χ2v) is 8.27. The normalized spacial score (nSPS) is 13.6. The molecule has 7 heteroatoms. The van der Waals surface area contributed by atoms with E-state index < -0.39 is 15.7 Å². The van der Waals surface area contributed by atoms with Gasteiger partial charge in [-0.05, 0) is 41.5 Å². The quantitative estimate of drug-likeness (QED) is 0.874. The Bertz CT molecular complexity index is 910. The first-order valence-corrected chi connectivity index (χ1v) is 9.60. The Labute approximate surface area is 145 Å². The number of rotatable bonds is 4. The minimum atomic E-state index is -3.52. The average Bonchev–Trinajstić information content (AvgIpc) is 3.02. The molecule has 0 radical (unpaired) electrons. The summed E-state index contributed by atoms with van der Waals surface area (Å²) in [5, 5.41) is 6.31. The van der Waals surface area contributed by atoms with Crippen LogP contribution in [0, 0.1) is 0 Å². The zero-order chi connectivity index (χ0) is 17.3. The third-order valence-corrected chi connectivity index (χ3v) is 6.02. The number of anilines is 1. The van der Waals surface area contributed by atoms with Crippen LogP contribution in [0.15, 0.2) is 41.3 Å². The summed E-state index contributed by atoms with van der Waals surface area (Å²) in [6, 6.07) is 9.89. The molecule has 2 aromatic rings. The topological polar surface area (TPSA) is 75.3 Å². The van der Waals surface area contributed by atoms with Gasteiger partial charge in [0.1, 0.15) is 0 Å². The first-order valence-electron chi connectivity index (χ1n) is 7.57. The van der Waals surface area contributed by atoms with Crippen LogP contribution in [-0.2, 0) is 22.9 Å². The molecule has 0 aromatic heterocycles. The number of hydrogen-bond donors (Lipinski definition) is 2. The summed E-state index contributed by atoms with van der Waals surface area (Å²) < 4.78 is 24.4. The fourth-order valence-corrected chi connectivity index (χ4v) is 3.92. The third kappa shape index (κ3) is 3.31. The van der Waals surface area contributed by atoms with E-state index in [0.29, 0.717) is 10.7 Å². The van der Waals surface area contributed by atoms with Gasteiger partial charge in [0.2, 0.25) is 0 Å². The van der Waals surface area contributed by atoms with Gasteiger partial charge in [-0.1, -0.05) is 24.6 Å². The number of nitrogens with one attached hydrogen (secondary N) is 2. The number of sulfone groups is 1. The fraction of sp³-hybridized carbons (Fsp3) is 0.235. The van der Waals surface area contributed by atoms with E-state index in [9.17, 15) is 13.2 Å². The SMILES string of the molecule is CCS(=O)(=O)c1ccc(Cl)cc1C(=O)Nc1ccc2c(c1)CNC2. The molecule has 1 heterocycles. The lowest BCUT2D eigenvalue weighted by Gasteiger charge is -2.11. The van der Waals surface area contributed by atoms with Gasteiger partial charge in [-0.25, -0.2) is 8.42 Å². The van der Waals surface area contributed by atoms with Crippen LogP contribution in [0.3, 0.4) is 0 Å². The van der Waals surface area contributed by atoms with Crippen molar-refractivity contribution < 1.29 is 13.2 Å². The van der Waals surface area contributed by atoms with Gasteiger partial charge in [-0.2, -0.15) is 0 Å². The van der Waals surface area contributed by atoms with Crippen molar-refractivity contribution in [3.05, 3.63) is 58.1 Å². The van der Waals surface area contributed by atoms with Crippen molar-refractivity contribution in [2.75, 3.05) is 11.1 Å². The Hall–Kier alpha value is -1.89. The summed E-state index contributed by atoms with van der Waals surface area (Å²) in [4.78, 5) is 12.6. The van der Waals surface area contributed by atoms with Crippen LogP contribution in [0.1, 0.15) is 28.4 Å². The fourth-order valence-electron chi connectivity index (χ4n) is 2.68. The highest BCUT2D eigenvalue weighted by atomic mass is 35.5. The second-order valence-electron chi connectivity index (χ2n) is 5.59. The summed E-state index contributed by atoms with van der Waals surface area (Å²) >= 11 is 5.95. The van der Waals surface area contributed by atoms with Gasteiger partial charge in [-0.3, -0.25) is 4.79 Å². The van der Waals surface area contributed by atoms with Crippen LogP contribution < -0.4 is 10.6 Å². The van der Waals surface area contributed by atoms with Gasteiger partial charge in [0, 0.05) is 23.8 Å². The smallest absolute Gasteiger partial charge is 0.257 e. The van der Waals surface area contributed by atoms with E-state index in [1.807, 2.05) is 18.2 Å². The van der Waals surface area contributed by atoms with Gasteiger partial charge in [-0.15, -0.1) is 0 Å². The molecule has 126 valence electrons. The molecule has 24 heavy (non-hydrogen) atoms. The zero-order valence-electron chi connectivity index (χ0n) is 13.1. The molecule has 2 N–H and O–H groups in total. The van der Waals surface area contributed by atoms with E-state index in [4.69, 9.17) is 11.6 Å². The van der Waals surface area contributed by atoms with Crippen LogP contribution in [-0.4, -0.2) is 20.1 Å². The van der Waals surface area contributed by atoms with Gasteiger partial charge < -0.3 is 10.6 Å². The van der Waals surface area contributed by atoms with E-state index in [0.717, 1.165) is 18.7 Å². The van der Waals surface area contributed by atoms with Crippen molar-refractivity contribution in [3.63, 3.8) is 0 Å². The maximum atomic E-state index is 12.6. The largest absolute Gasteiger partial charge is 0.322 e. The molecule has 1 aliphatic rings. The highest BCUT2D eigenvalue weighted by Gasteiger charge is 2.22. The Morgan fingerprint density at radius 3 is 2.67 bits per heavy atom. The number of benzene rings is 2. The number of hydrogen-bond acceptors (Lipinski definition) is 4. The zero-order valence-corrected chi connectivity index (χ0v) is 14.7.